The summed E-state index contributed by atoms with van der Waals surface area (Å²) in [5.41, 5.74) is 1.55. The molecular formula is C11H9N3O. The number of rotatable bonds is 3. The second-order valence-electron chi connectivity index (χ2n) is 3.02. The van der Waals surface area contributed by atoms with Crippen LogP contribution in [-0.2, 0) is 6.54 Å². The quantitative estimate of drug-likeness (QED) is 0.822. The SMILES string of the molecule is N#Cc1cnoc1NCc1ccccc1. The van der Waals surface area contributed by atoms with Gasteiger partial charge in [-0.2, -0.15) is 5.26 Å². The molecule has 0 amide bonds. The first-order chi connectivity index (χ1) is 7.40. The van der Waals surface area contributed by atoms with Crippen LogP contribution in [0.5, 0.6) is 0 Å². The minimum atomic E-state index is 0.418. The van der Waals surface area contributed by atoms with Gasteiger partial charge in [-0.15, -0.1) is 0 Å². The highest BCUT2D eigenvalue weighted by Crippen LogP contribution is 2.13. The molecule has 0 radical (unpaired) electrons. The average Bonchev–Trinajstić information content (AvgIpc) is 2.75. The van der Waals surface area contributed by atoms with Crippen molar-refractivity contribution in [3.05, 3.63) is 47.7 Å². The molecule has 1 aromatic heterocycles. The Morgan fingerprint density at radius 2 is 2.13 bits per heavy atom. The monoisotopic (exact) mass is 199 g/mol. The molecule has 0 saturated heterocycles. The molecule has 2 aromatic rings. The van der Waals surface area contributed by atoms with Gasteiger partial charge in [0.15, 0.2) is 0 Å². The number of anilines is 1. The van der Waals surface area contributed by atoms with Crippen LogP contribution in [-0.4, -0.2) is 5.16 Å². The van der Waals surface area contributed by atoms with Crippen molar-refractivity contribution in [2.24, 2.45) is 0 Å². The summed E-state index contributed by atoms with van der Waals surface area (Å²) in [6.07, 6.45) is 1.40. The highest BCUT2D eigenvalue weighted by Gasteiger charge is 2.05. The van der Waals surface area contributed by atoms with Crippen LogP contribution in [0.2, 0.25) is 0 Å². The molecule has 0 saturated carbocycles. The van der Waals surface area contributed by atoms with Gasteiger partial charge in [-0.25, -0.2) is 0 Å². The van der Waals surface area contributed by atoms with Gasteiger partial charge in [0, 0.05) is 6.54 Å². The molecule has 2 rings (SSSR count). The Hall–Kier alpha value is -2.28. The molecule has 1 aromatic carbocycles. The molecule has 4 heteroatoms. The lowest BCUT2D eigenvalue weighted by molar-refractivity contribution is 0.431. The number of hydrogen-bond acceptors (Lipinski definition) is 4. The van der Waals surface area contributed by atoms with E-state index in [-0.39, 0.29) is 0 Å². The largest absolute Gasteiger partial charge is 0.349 e. The Morgan fingerprint density at radius 1 is 1.33 bits per heavy atom. The van der Waals surface area contributed by atoms with E-state index in [9.17, 15) is 0 Å². The zero-order valence-corrected chi connectivity index (χ0v) is 7.97. The summed E-state index contributed by atoms with van der Waals surface area (Å²) in [6.45, 7) is 0.616. The van der Waals surface area contributed by atoms with Crippen LogP contribution in [0.4, 0.5) is 5.88 Å². The van der Waals surface area contributed by atoms with Gasteiger partial charge >= 0.3 is 0 Å². The number of hydrogen-bond donors (Lipinski definition) is 1. The van der Waals surface area contributed by atoms with Gasteiger partial charge in [0.2, 0.25) is 5.88 Å². The molecule has 0 unspecified atom stereocenters. The maximum Gasteiger partial charge on any atom is 0.242 e. The highest BCUT2D eigenvalue weighted by molar-refractivity contribution is 5.47. The van der Waals surface area contributed by atoms with Crippen molar-refractivity contribution in [1.82, 2.24) is 5.16 Å². The average molecular weight is 199 g/mol. The normalized spacial score (nSPS) is 9.53. The first-order valence-electron chi connectivity index (χ1n) is 4.52. The van der Waals surface area contributed by atoms with Gasteiger partial charge in [0.05, 0.1) is 6.20 Å². The van der Waals surface area contributed by atoms with Crippen LogP contribution in [0.25, 0.3) is 0 Å². The number of nitriles is 1. The van der Waals surface area contributed by atoms with E-state index in [1.54, 1.807) is 0 Å². The maximum absolute atomic E-state index is 8.71. The third kappa shape index (κ3) is 2.15. The number of nitrogens with one attached hydrogen (secondary N) is 1. The van der Waals surface area contributed by atoms with Gasteiger partial charge in [0.1, 0.15) is 11.6 Å². The second kappa shape index (κ2) is 4.29. The molecule has 0 bridgehead atoms. The van der Waals surface area contributed by atoms with E-state index in [0.29, 0.717) is 18.0 Å². The molecule has 0 aliphatic rings. The van der Waals surface area contributed by atoms with Crippen molar-refractivity contribution >= 4 is 5.88 Å². The maximum atomic E-state index is 8.71. The van der Waals surface area contributed by atoms with E-state index in [4.69, 9.17) is 9.78 Å². The minimum Gasteiger partial charge on any atom is -0.349 e. The van der Waals surface area contributed by atoms with Crippen LogP contribution in [0.1, 0.15) is 11.1 Å². The van der Waals surface area contributed by atoms with E-state index in [1.165, 1.54) is 6.20 Å². The van der Waals surface area contributed by atoms with Crippen LogP contribution >= 0.6 is 0 Å². The van der Waals surface area contributed by atoms with Gasteiger partial charge in [-0.05, 0) is 5.56 Å². The summed E-state index contributed by atoms with van der Waals surface area (Å²) in [6, 6.07) is 11.9. The predicted molar refractivity (Wildman–Crippen MR) is 55.0 cm³/mol. The summed E-state index contributed by atoms with van der Waals surface area (Å²) in [7, 11) is 0. The topological polar surface area (TPSA) is 61.9 Å². The predicted octanol–water partition coefficient (Wildman–Crippen LogP) is 2.16. The van der Waals surface area contributed by atoms with Gasteiger partial charge in [-0.3, -0.25) is 0 Å². The number of nitrogens with zero attached hydrogens (tertiary/aromatic N) is 2. The molecule has 0 atom stereocenters. The van der Waals surface area contributed by atoms with E-state index in [0.717, 1.165) is 5.56 Å². The fraction of sp³-hybridized carbons (Fsp3) is 0.0909. The Bertz CT molecular complexity index is 470. The molecule has 74 valence electrons. The molecule has 0 spiro atoms. The zero-order valence-electron chi connectivity index (χ0n) is 7.97. The van der Waals surface area contributed by atoms with Gasteiger partial charge in [0.25, 0.3) is 0 Å². The Labute approximate surface area is 87.1 Å². The van der Waals surface area contributed by atoms with Crippen LogP contribution in [0.3, 0.4) is 0 Å². The third-order valence-electron chi connectivity index (χ3n) is 1.99. The van der Waals surface area contributed by atoms with Crippen molar-refractivity contribution in [3.63, 3.8) is 0 Å². The minimum absolute atomic E-state index is 0.418. The van der Waals surface area contributed by atoms with Crippen LogP contribution < -0.4 is 5.32 Å². The van der Waals surface area contributed by atoms with E-state index in [2.05, 4.69) is 10.5 Å². The van der Waals surface area contributed by atoms with E-state index in [1.807, 2.05) is 36.4 Å². The highest BCUT2D eigenvalue weighted by atomic mass is 16.5. The standard InChI is InChI=1S/C11H9N3O/c12-6-10-8-14-15-11(10)13-7-9-4-2-1-3-5-9/h1-5,8,13H,7H2. The lowest BCUT2D eigenvalue weighted by atomic mass is 10.2. The molecule has 0 fully saturated rings. The molecule has 15 heavy (non-hydrogen) atoms. The zero-order chi connectivity index (χ0) is 10.5. The summed E-state index contributed by atoms with van der Waals surface area (Å²) < 4.78 is 4.89. The van der Waals surface area contributed by atoms with E-state index >= 15 is 0 Å². The van der Waals surface area contributed by atoms with Gasteiger partial charge in [-0.1, -0.05) is 35.5 Å². The van der Waals surface area contributed by atoms with Crippen molar-refractivity contribution in [2.75, 3.05) is 5.32 Å². The fourth-order valence-corrected chi connectivity index (χ4v) is 1.22. The lowest BCUT2D eigenvalue weighted by Gasteiger charge is -2.01. The summed E-state index contributed by atoms with van der Waals surface area (Å²) in [4.78, 5) is 0. The first kappa shape index (κ1) is 9.28. The first-order valence-corrected chi connectivity index (χ1v) is 4.52. The van der Waals surface area contributed by atoms with Gasteiger partial charge < -0.3 is 9.84 Å². The second-order valence-corrected chi connectivity index (χ2v) is 3.02. The summed E-state index contributed by atoms with van der Waals surface area (Å²) >= 11 is 0. The molecule has 1 heterocycles. The van der Waals surface area contributed by atoms with Crippen LogP contribution in [0, 0.1) is 11.3 Å². The lowest BCUT2D eigenvalue weighted by Crippen LogP contribution is -1.99. The molecular weight excluding hydrogens is 190 g/mol. The van der Waals surface area contributed by atoms with Crippen molar-refractivity contribution in [1.29, 1.82) is 5.26 Å². The Kier molecular flexibility index (Phi) is 2.65. The number of aromatic nitrogens is 1. The molecule has 0 aliphatic heterocycles. The molecule has 1 N–H and O–H groups in total. The van der Waals surface area contributed by atoms with Crippen molar-refractivity contribution in [2.45, 2.75) is 6.54 Å². The fourth-order valence-electron chi connectivity index (χ4n) is 1.22. The molecule has 0 aliphatic carbocycles. The number of benzene rings is 1. The summed E-state index contributed by atoms with van der Waals surface area (Å²) in [5.74, 6) is 0.418. The molecule has 4 nitrogen and oxygen atoms in total. The Morgan fingerprint density at radius 3 is 2.87 bits per heavy atom. The van der Waals surface area contributed by atoms with Crippen molar-refractivity contribution in [3.8, 4) is 6.07 Å². The smallest absolute Gasteiger partial charge is 0.242 e. The van der Waals surface area contributed by atoms with Crippen molar-refractivity contribution < 1.29 is 4.52 Å². The Balaban J connectivity index is 2.03. The van der Waals surface area contributed by atoms with E-state index < -0.39 is 0 Å². The third-order valence-corrected chi connectivity index (χ3v) is 1.99. The van der Waals surface area contributed by atoms with Crippen LogP contribution in [0.15, 0.2) is 41.1 Å². The summed E-state index contributed by atoms with van der Waals surface area (Å²) in [5, 5.41) is 15.3.